The van der Waals surface area contributed by atoms with E-state index in [9.17, 15) is 32.3 Å². The standard InChI is InChI=1S/C41H39ClF3N7O9/c1-50-8-10-51(11-9-50)40(56)61-27-16-26-29(30-31(39(55)60-5)36(41(43,44)45)49-33(27)30)21(17-42)18-52(26)38(54)25-13-19-12-22(6-7-23(19)47-25)46-37(53)24-14-20-15-28(57-2)34(58-3)35(59-4)32(20)48-24/h6-7,12-16,21,47-49H,8-11,17-18H2,1-5H3,(H,46,53). The third-order valence-electron chi connectivity index (χ3n) is 11.0. The van der Waals surface area contributed by atoms with E-state index in [1.807, 2.05) is 11.9 Å². The number of halogens is 4. The van der Waals surface area contributed by atoms with Crippen molar-refractivity contribution >= 4 is 79.6 Å². The lowest BCUT2D eigenvalue weighted by Gasteiger charge is -2.31. The van der Waals surface area contributed by atoms with Crippen LogP contribution in [0.25, 0.3) is 32.7 Å². The Bertz CT molecular complexity index is 2750. The van der Waals surface area contributed by atoms with E-state index in [4.69, 9.17) is 35.3 Å². The number of likely N-dealkylation sites (N-methyl/N-ethyl adjacent to an activating group) is 1. The number of H-pyrrole nitrogens is 3. The lowest BCUT2D eigenvalue weighted by molar-refractivity contribution is -0.141. The summed E-state index contributed by atoms with van der Waals surface area (Å²) in [4.78, 5) is 67.7. The molecule has 1 saturated heterocycles. The molecule has 2 aliphatic rings. The molecule has 6 aromatic rings. The van der Waals surface area contributed by atoms with Crippen LogP contribution in [0.4, 0.5) is 29.3 Å². The van der Waals surface area contributed by atoms with Crippen LogP contribution < -0.4 is 29.2 Å². The van der Waals surface area contributed by atoms with Crippen molar-refractivity contribution in [3.8, 4) is 23.0 Å². The van der Waals surface area contributed by atoms with Crippen molar-refractivity contribution in [2.24, 2.45) is 0 Å². The van der Waals surface area contributed by atoms with Crippen LogP contribution in [0.5, 0.6) is 23.0 Å². The molecule has 8 rings (SSSR count). The maximum absolute atomic E-state index is 14.6. The molecular formula is C41H39ClF3N7O9. The van der Waals surface area contributed by atoms with Gasteiger partial charge in [-0.05, 0) is 49.0 Å². The van der Waals surface area contributed by atoms with E-state index in [1.165, 1.54) is 37.2 Å². The van der Waals surface area contributed by atoms with Crippen LogP contribution in [0.2, 0.25) is 0 Å². The molecule has 4 N–H and O–H groups in total. The van der Waals surface area contributed by atoms with Gasteiger partial charge in [0.05, 0.1) is 50.7 Å². The number of hydrogen-bond acceptors (Lipinski definition) is 10. The third kappa shape index (κ3) is 7.16. The van der Waals surface area contributed by atoms with E-state index in [0.717, 1.165) is 7.11 Å². The average Bonchev–Trinajstić information content (AvgIpc) is 4.05. The number of piperazine rings is 1. The van der Waals surface area contributed by atoms with Gasteiger partial charge in [0.2, 0.25) is 5.75 Å². The molecular weight excluding hydrogens is 827 g/mol. The van der Waals surface area contributed by atoms with E-state index >= 15 is 0 Å². The first-order chi connectivity index (χ1) is 29.2. The van der Waals surface area contributed by atoms with Gasteiger partial charge in [-0.15, -0.1) is 11.6 Å². The summed E-state index contributed by atoms with van der Waals surface area (Å²) in [6, 6.07) is 11.2. The number of ether oxygens (including phenoxy) is 5. The number of carbonyl (C=O) groups is 4. The van der Waals surface area contributed by atoms with Gasteiger partial charge in [-0.25, -0.2) is 9.59 Å². The van der Waals surface area contributed by atoms with Crippen molar-refractivity contribution in [1.82, 2.24) is 24.8 Å². The molecule has 1 fully saturated rings. The number of nitrogens with one attached hydrogen (secondary N) is 4. The number of rotatable bonds is 9. The van der Waals surface area contributed by atoms with E-state index in [1.54, 1.807) is 36.4 Å². The minimum Gasteiger partial charge on any atom is -0.493 e. The minimum absolute atomic E-state index is 0.0839. The molecule has 0 aliphatic carbocycles. The number of alkyl halides is 4. The lowest BCUT2D eigenvalue weighted by atomic mass is 9.95. The molecule has 5 heterocycles. The number of anilines is 2. The maximum atomic E-state index is 14.6. The van der Waals surface area contributed by atoms with E-state index in [2.05, 4.69) is 20.3 Å². The second kappa shape index (κ2) is 15.8. The number of esters is 1. The summed E-state index contributed by atoms with van der Waals surface area (Å²) in [6.45, 7) is 1.63. The van der Waals surface area contributed by atoms with Crippen molar-refractivity contribution in [2.45, 2.75) is 12.1 Å². The SMILES string of the molecule is COC(=O)c1c(C(F)(F)F)[nH]c2c(OC(=O)N3CCN(C)CC3)cc3c(c12)C(CCl)CN3C(=O)c1cc2cc(NC(=O)c3cc4cc(OC)c(OC)c(OC)c4[nH]3)ccc2[nH]1. The molecule has 61 heavy (non-hydrogen) atoms. The Morgan fingerprint density at radius 3 is 2.21 bits per heavy atom. The average molecular weight is 866 g/mol. The summed E-state index contributed by atoms with van der Waals surface area (Å²) < 4.78 is 70.8. The minimum atomic E-state index is -5.05. The van der Waals surface area contributed by atoms with Gasteiger partial charge in [0.1, 0.15) is 17.1 Å². The normalized spacial score (nSPS) is 15.7. The highest BCUT2D eigenvalue weighted by Crippen LogP contribution is 2.50. The third-order valence-corrected chi connectivity index (χ3v) is 11.4. The largest absolute Gasteiger partial charge is 0.493 e. The molecule has 2 aliphatic heterocycles. The predicted molar refractivity (Wildman–Crippen MR) is 219 cm³/mol. The Kier molecular flexibility index (Phi) is 10.6. The number of aromatic nitrogens is 3. The summed E-state index contributed by atoms with van der Waals surface area (Å²) in [7, 11) is 7.28. The van der Waals surface area contributed by atoms with Gasteiger partial charge in [0, 0.05) is 78.0 Å². The number of aromatic amines is 3. The summed E-state index contributed by atoms with van der Waals surface area (Å²) in [5.74, 6) is -2.42. The second-order valence-corrected chi connectivity index (χ2v) is 14.9. The van der Waals surface area contributed by atoms with Crippen molar-refractivity contribution in [1.29, 1.82) is 0 Å². The fraction of sp³-hybridized carbons (Fsp3) is 0.317. The molecule has 16 nitrogen and oxygen atoms in total. The van der Waals surface area contributed by atoms with Crippen molar-refractivity contribution in [2.75, 3.05) is 84.3 Å². The molecule has 1 atom stereocenters. The maximum Gasteiger partial charge on any atom is 0.432 e. The number of benzene rings is 3. The number of nitrogens with zero attached hydrogens (tertiary/aromatic N) is 3. The number of methoxy groups -OCH3 is 4. The second-order valence-electron chi connectivity index (χ2n) is 14.6. The van der Waals surface area contributed by atoms with E-state index in [0.29, 0.717) is 70.9 Å². The summed E-state index contributed by atoms with van der Waals surface area (Å²) >= 11 is 6.44. The summed E-state index contributed by atoms with van der Waals surface area (Å²) in [6.07, 6.45) is -5.86. The summed E-state index contributed by atoms with van der Waals surface area (Å²) in [5, 5.41) is 3.83. The zero-order chi connectivity index (χ0) is 43.5. The fourth-order valence-corrected chi connectivity index (χ4v) is 8.26. The van der Waals surface area contributed by atoms with Gasteiger partial charge in [-0.2, -0.15) is 13.2 Å². The Morgan fingerprint density at radius 1 is 0.836 bits per heavy atom. The zero-order valence-corrected chi connectivity index (χ0v) is 34.1. The predicted octanol–water partition coefficient (Wildman–Crippen LogP) is 6.94. The number of fused-ring (bicyclic) bond motifs is 5. The van der Waals surface area contributed by atoms with Crippen molar-refractivity contribution < 1.29 is 56.0 Å². The Morgan fingerprint density at radius 2 is 1.56 bits per heavy atom. The molecule has 320 valence electrons. The van der Waals surface area contributed by atoms with Gasteiger partial charge >= 0.3 is 18.2 Å². The molecule has 3 aromatic carbocycles. The molecule has 0 spiro atoms. The van der Waals surface area contributed by atoms with Crippen LogP contribution in [0, 0.1) is 0 Å². The van der Waals surface area contributed by atoms with Gasteiger partial charge in [-0.1, -0.05) is 0 Å². The first-order valence-corrected chi connectivity index (χ1v) is 19.4. The zero-order valence-electron chi connectivity index (χ0n) is 33.4. The lowest BCUT2D eigenvalue weighted by Crippen LogP contribution is -2.48. The Hall–Kier alpha value is -6.60. The van der Waals surface area contributed by atoms with Crippen molar-refractivity contribution in [3.63, 3.8) is 0 Å². The van der Waals surface area contributed by atoms with Crippen LogP contribution in [0.15, 0.2) is 42.5 Å². The highest BCUT2D eigenvalue weighted by Gasteiger charge is 2.44. The van der Waals surface area contributed by atoms with Gasteiger partial charge in [0.15, 0.2) is 17.2 Å². The van der Waals surface area contributed by atoms with Crippen molar-refractivity contribution in [3.05, 3.63) is 70.7 Å². The first-order valence-electron chi connectivity index (χ1n) is 18.9. The number of hydrogen-bond donors (Lipinski definition) is 4. The van der Waals surface area contributed by atoms with Crippen LogP contribution in [0.3, 0.4) is 0 Å². The van der Waals surface area contributed by atoms with E-state index in [-0.39, 0.29) is 51.7 Å². The molecule has 0 bridgehead atoms. The topological polar surface area (TPSA) is 184 Å². The summed E-state index contributed by atoms with van der Waals surface area (Å²) in [5.41, 5.74) is -0.444. The fourth-order valence-electron chi connectivity index (χ4n) is 8.00. The number of amides is 3. The Balaban J connectivity index is 1.14. The van der Waals surface area contributed by atoms with Crippen LogP contribution in [-0.4, -0.2) is 123 Å². The molecule has 1 unspecified atom stereocenters. The van der Waals surface area contributed by atoms with Crippen LogP contribution in [0.1, 0.15) is 48.5 Å². The highest BCUT2D eigenvalue weighted by molar-refractivity contribution is 6.20. The van der Waals surface area contributed by atoms with Gasteiger partial charge in [0.25, 0.3) is 11.8 Å². The first kappa shape index (κ1) is 41.1. The number of carbonyl (C=O) groups excluding carboxylic acids is 4. The molecule has 3 aromatic heterocycles. The highest BCUT2D eigenvalue weighted by atomic mass is 35.5. The Labute approximate surface area is 349 Å². The molecule has 0 saturated carbocycles. The quantitative estimate of drug-likeness (QED) is 0.0877. The van der Waals surface area contributed by atoms with Gasteiger partial charge in [-0.3, -0.25) is 9.59 Å². The molecule has 0 radical (unpaired) electrons. The van der Waals surface area contributed by atoms with Crippen LogP contribution in [-0.2, 0) is 10.9 Å². The molecule has 20 heteroatoms. The van der Waals surface area contributed by atoms with Gasteiger partial charge < -0.3 is 58.7 Å². The van der Waals surface area contributed by atoms with E-state index < -0.39 is 47.2 Å². The smallest absolute Gasteiger partial charge is 0.432 e. The molecule has 3 amide bonds. The van der Waals surface area contributed by atoms with Crippen LogP contribution >= 0.6 is 11.6 Å². The monoisotopic (exact) mass is 865 g/mol.